The standard InChI is InChI=1S/C37H31FN2O4S2/c1-44-37(43)32-29-20-19-25(23-11-4-2-5-12-23)21-31(29)46-36(32)40-35(42)33(24-13-6-3-7-14-24)45-27-16-10-15-26(22-27)39-34(41)28-17-8-9-18-30(28)38/h2-18,22,25,33H,19-21H2,1H3,(H,39,41)(H,40,42). The lowest BCUT2D eigenvalue weighted by Gasteiger charge is -2.22. The van der Waals surface area contributed by atoms with Crippen LogP contribution in [0, 0.1) is 5.82 Å². The zero-order valence-electron chi connectivity index (χ0n) is 25.0. The van der Waals surface area contributed by atoms with E-state index in [9.17, 15) is 18.8 Å². The van der Waals surface area contributed by atoms with Gasteiger partial charge in [-0.05, 0) is 72.2 Å². The molecular weight excluding hydrogens is 620 g/mol. The van der Waals surface area contributed by atoms with Gasteiger partial charge in [0.15, 0.2) is 0 Å². The minimum absolute atomic E-state index is 0.0581. The lowest BCUT2D eigenvalue weighted by Crippen LogP contribution is -2.20. The van der Waals surface area contributed by atoms with Gasteiger partial charge in [-0.2, -0.15) is 0 Å². The van der Waals surface area contributed by atoms with E-state index in [0.717, 1.165) is 33.7 Å². The Hall–Kier alpha value is -4.73. The first kappa shape index (κ1) is 31.3. The van der Waals surface area contributed by atoms with Crippen LogP contribution in [0.15, 0.2) is 114 Å². The number of amides is 2. The maximum absolute atomic E-state index is 14.2. The van der Waals surface area contributed by atoms with E-state index in [1.54, 1.807) is 24.3 Å². The SMILES string of the molecule is COC(=O)c1c(NC(=O)C(Sc2cccc(NC(=O)c3ccccc3F)c2)c2ccccc2)sc2c1CCC(c1ccccc1)C2. The van der Waals surface area contributed by atoms with Crippen molar-refractivity contribution < 1.29 is 23.5 Å². The predicted octanol–water partition coefficient (Wildman–Crippen LogP) is 8.67. The third kappa shape index (κ3) is 6.90. The molecule has 2 atom stereocenters. The second-order valence-corrected chi connectivity index (χ2v) is 13.2. The summed E-state index contributed by atoms with van der Waals surface area (Å²) in [6.45, 7) is 0. The van der Waals surface area contributed by atoms with E-state index in [2.05, 4.69) is 22.8 Å². The van der Waals surface area contributed by atoms with Crippen molar-refractivity contribution in [1.82, 2.24) is 0 Å². The third-order valence-electron chi connectivity index (χ3n) is 7.97. The van der Waals surface area contributed by atoms with Crippen LogP contribution < -0.4 is 10.6 Å². The first-order valence-corrected chi connectivity index (χ1v) is 16.6. The van der Waals surface area contributed by atoms with Crippen LogP contribution in [0.4, 0.5) is 15.1 Å². The molecule has 46 heavy (non-hydrogen) atoms. The first-order valence-electron chi connectivity index (χ1n) is 14.9. The van der Waals surface area contributed by atoms with Crippen LogP contribution in [0.1, 0.15) is 59.9 Å². The highest BCUT2D eigenvalue weighted by Crippen LogP contribution is 2.44. The summed E-state index contributed by atoms with van der Waals surface area (Å²) in [6, 6.07) is 32.6. The summed E-state index contributed by atoms with van der Waals surface area (Å²) in [5, 5.41) is 5.63. The van der Waals surface area contributed by atoms with E-state index < -0.39 is 22.9 Å². The number of ether oxygens (including phenoxy) is 1. The summed E-state index contributed by atoms with van der Waals surface area (Å²) < 4.78 is 19.4. The smallest absolute Gasteiger partial charge is 0.341 e. The summed E-state index contributed by atoms with van der Waals surface area (Å²) in [5.41, 5.74) is 3.82. The summed E-state index contributed by atoms with van der Waals surface area (Å²) in [5.74, 6) is -1.60. The highest BCUT2D eigenvalue weighted by Gasteiger charge is 2.32. The van der Waals surface area contributed by atoms with Crippen LogP contribution in [-0.4, -0.2) is 24.9 Å². The first-order chi connectivity index (χ1) is 22.4. The maximum atomic E-state index is 14.2. The second-order valence-electron chi connectivity index (χ2n) is 10.9. The molecule has 1 aliphatic carbocycles. The minimum Gasteiger partial charge on any atom is -0.465 e. The van der Waals surface area contributed by atoms with Crippen molar-refractivity contribution in [2.75, 3.05) is 17.7 Å². The number of halogens is 1. The lowest BCUT2D eigenvalue weighted by molar-refractivity contribution is -0.115. The van der Waals surface area contributed by atoms with Gasteiger partial charge in [0.05, 0.1) is 18.2 Å². The molecule has 9 heteroatoms. The molecule has 4 aromatic carbocycles. The van der Waals surface area contributed by atoms with Crippen LogP contribution in [0.2, 0.25) is 0 Å². The number of hydrogen-bond acceptors (Lipinski definition) is 6. The van der Waals surface area contributed by atoms with Gasteiger partial charge in [-0.15, -0.1) is 23.1 Å². The van der Waals surface area contributed by atoms with Gasteiger partial charge in [-0.25, -0.2) is 9.18 Å². The van der Waals surface area contributed by atoms with Crippen molar-refractivity contribution in [3.8, 4) is 0 Å². The molecule has 0 spiro atoms. The Kier molecular flexibility index (Phi) is 9.61. The van der Waals surface area contributed by atoms with E-state index in [4.69, 9.17) is 4.74 Å². The van der Waals surface area contributed by atoms with E-state index in [1.165, 1.54) is 54.0 Å². The number of benzene rings is 4. The van der Waals surface area contributed by atoms with Crippen LogP contribution in [-0.2, 0) is 22.4 Å². The molecule has 0 saturated carbocycles. The lowest BCUT2D eigenvalue weighted by atomic mass is 9.83. The van der Waals surface area contributed by atoms with Gasteiger partial charge in [0.25, 0.3) is 5.91 Å². The molecule has 2 N–H and O–H groups in total. The van der Waals surface area contributed by atoms with Gasteiger partial charge >= 0.3 is 5.97 Å². The Morgan fingerprint density at radius 3 is 2.35 bits per heavy atom. The quantitative estimate of drug-likeness (QED) is 0.123. The number of hydrogen-bond donors (Lipinski definition) is 2. The van der Waals surface area contributed by atoms with Gasteiger partial charge in [0, 0.05) is 15.5 Å². The number of rotatable bonds is 9. The number of carbonyl (C=O) groups excluding carboxylic acids is 3. The molecule has 1 aliphatic rings. The summed E-state index contributed by atoms with van der Waals surface area (Å²) >= 11 is 2.75. The van der Waals surface area contributed by atoms with Gasteiger partial charge in [-0.3, -0.25) is 9.59 Å². The minimum atomic E-state index is -0.680. The van der Waals surface area contributed by atoms with E-state index in [1.807, 2.05) is 54.6 Å². The average molecular weight is 651 g/mol. The number of carbonyl (C=O) groups is 3. The van der Waals surface area contributed by atoms with E-state index >= 15 is 0 Å². The Labute approximate surface area is 275 Å². The van der Waals surface area contributed by atoms with Crippen LogP contribution in [0.3, 0.4) is 0 Å². The predicted molar refractivity (Wildman–Crippen MR) is 181 cm³/mol. The molecular formula is C37H31FN2O4S2. The van der Waals surface area contributed by atoms with Gasteiger partial charge in [-0.1, -0.05) is 78.9 Å². The molecule has 5 aromatic rings. The van der Waals surface area contributed by atoms with Crippen molar-refractivity contribution >= 4 is 51.6 Å². The fraction of sp³-hybridized carbons (Fsp3) is 0.162. The molecule has 1 heterocycles. The van der Waals surface area contributed by atoms with E-state index in [0.29, 0.717) is 28.6 Å². The number of thiophene rings is 1. The van der Waals surface area contributed by atoms with Crippen molar-refractivity contribution in [2.45, 2.75) is 35.3 Å². The summed E-state index contributed by atoms with van der Waals surface area (Å²) in [4.78, 5) is 41.7. The average Bonchev–Trinajstić information content (AvgIpc) is 3.44. The molecule has 0 bridgehead atoms. The fourth-order valence-corrected chi connectivity index (χ4v) is 8.11. The van der Waals surface area contributed by atoms with Crippen molar-refractivity contribution in [2.24, 2.45) is 0 Å². The fourth-order valence-electron chi connectivity index (χ4n) is 5.71. The molecule has 1 aromatic heterocycles. The van der Waals surface area contributed by atoms with Crippen molar-refractivity contribution in [3.63, 3.8) is 0 Å². The number of nitrogens with one attached hydrogen (secondary N) is 2. The Morgan fingerprint density at radius 1 is 0.891 bits per heavy atom. The number of methoxy groups -OCH3 is 1. The summed E-state index contributed by atoms with van der Waals surface area (Å²) in [7, 11) is 1.36. The molecule has 0 fully saturated rings. The normalized spacial score (nSPS) is 14.5. The molecule has 6 nitrogen and oxygen atoms in total. The second kappa shape index (κ2) is 14.1. The Balaban J connectivity index is 1.26. The van der Waals surface area contributed by atoms with Crippen LogP contribution in [0.25, 0.3) is 0 Å². The zero-order valence-corrected chi connectivity index (χ0v) is 26.6. The monoisotopic (exact) mass is 650 g/mol. The molecule has 6 rings (SSSR count). The number of thioether (sulfide) groups is 1. The van der Waals surface area contributed by atoms with E-state index in [-0.39, 0.29) is 11.5 Å². The van der Waals surface area contributed by atoms with Crippen molar-refractivity contribution in [1.29, 1.82) is 0 Å². The molecule has 0 aliphatic heterocycles. The molecule has 2 amide bonds. The zero-order chi connectivity index (χ0) is 32.0. The summed E-state index contributed by atoms with van der Waals surface area (Å²) in [6.07, 6.45) is 2.40. The molecule has 0 radical (unpaired) electrons. The molecule has 232 valence electrons. The Bertz CT molecular complexity index is 1880. The highest BCUT2D eigenvalue weighted by atomic mass is 32.2. The van der Waals surface area contributed by atoms with Crippen LogP contribution >= 0.6 is 23.1 Å². The molecule has 0 saturated heterocycles. The van der Waals surface area contributed by atoms with Gasteiger partial charge in [0.1, 0.15) is 16.1 Å². The maximum Gasteiger partial charge on any atom is 0.341 e. The Morgan fingerprint density at radius 2 is 1.61 bits per heavy atom. The number of anilines is 2. The topological polar surface area (TPSA) is 84.5 Å². The van der Waals surface area contributed by atoms with Gasteiger partial charge < -0.3 is 15.4 Å². The number of esters is 1. The molecule has 2 unspecified atom stereocenters. The third-order valence-corrected chi connectivity index (χ3v) is 10.4. The largest absolute Gasteiger partial charge is 0.465 e. The number of fused-ring (bicyclic) bond motifs is 1. The van der Waals surface area contributed by atoms with Crippen molar-refractivity contribution in [3.05, 3.63) is 148 Å². The van der Waals surface area contributed by atoms with Crippen LogP contribution in [0.5, 0.6) is 0 Å². The highest BCUT2D eigenvalue weighted by molar-refractivity contribution is 8.00. The van der Waals surface area contributed by atoms with Gasteiger partial charge in [0.2, 0.25) is 5.91 Å².